The molecule has 0 fully saturated rings. The molecule has 0 saturated heterocycles. The minimum absolute atomic E-state index is 0.390. The van der Waals surface area contributed by atoms with Gasteiger partial charge in [0.25, 0.3) is 5.91 Å². The summed E-state index contributed by atoms with van der Waals surface area (Å²) in [4.78, 5) is 11.5. The highest BCUT2D eigenvalue weighted by atomic mass is 32.2. The normalized spacial score (nSPS) is 12.9. The molecule has 0 saturated carbocycles. The van der Waals surface area contributed by atoms with E-state index in [0.29, 0.717) is 12.1 Å². The van der Waals surface area contributed by atoms with Crippen LogP contribution in [-0.4, -0.2) is 31.3 Å². The number of nitrogens with one attached hydrogen (secondary N) is 1. The predicted octanol–water partition coefficient (Wildman–Crippen LogP) is 2.49. The molecule has 1 atom stereocenters. The molecule has 0 heterocycles. The Bertz CT molecular complexity index is 1050. The number of rotatable bonds is 5. The van der Waals surface area contributed by atoms with E-state index in [4.69, 9.17) is 5.26 Å². The molecule has 148 valence electrons. The molecule has 28 heavy (non-hydrogen) atoms. The topological polar surface area (TPSA) is 107 Å². The number of benzene rings is 2. The first-order valence-electron chi connectivity index (χ1n) is 7.52. The number of aliphatic hydroxyl groups is 1. The maximum Gasteiger partial charge on any atom is 0.417 e. The van der Waals surface area contributed by atoms with E-state index in [1.807, 2.05) is 5.32 Å². The zero-order chi connectivity index (χ0) is 21.1. The van der Waals surface area contributed by atoms with Crippen LogP contribution in [0.1, 0.15) is 11.1 Å². The number of anilines is 1. The monoisotopic (exact) mass is 416 g/mol. The first-order valence-corrected chi connectivity index (χ1v) is 9.18. The summed E-state index contributed by atoms with van der Waals surface area (Å²) in [6.45, 7) is 0. The van der Waals surface area contributed by atoms with Gasteiger partial charge in [-0.25, -0.2) is 12.8 Å². The Morgan fingerprint density at radius 3 is 2.46 bits per heavy atom. The van der Waals surface area contributed by atoms with Gasteiger partial charge in [-0.3, -0.25) is 4.79 Å². The SMILES string of the molecule is N#Cc1ccc(NC(=O)[C@H](O)CS(=O)(=O)c2cccc(F)c2)cc1C(F)(F)F. The van der Waals surface area contributed by atoms with Gasteiger partial charge in [0.15, 0.2) is 9.84 Å². The summed E-state index contributed by atoms with van der Waals surface area (Å²) in [5.41, 5.74) is -2.35. The van der Waals surface area contributed by atoms with Gasteiger partial charge in [-0.15, -0.1) is 0 Å². The molecule has 0 radical (unpaired) electrons. The lowest BCUT2D eigenvalue weighted by atomic mass is 10.1. The van der Waals surface area contributed by atoms with Gasteiger partial charge in [-0.1, -0.05) is 6.07 Å². The van der Waals surface area contributed by atoms with Crippen molar-refractivity contribution in [2.24, 2.45) is 0 Å². The second-order valence-corrected chi connectivity index (χ2v) is 7.65. The number of amides is 1. The smallest absolute Gasteiger partial charge is 0.382 e. The molecule has 2 N–H and O–H groups in total. The van der Waals surface area contributed by atoms with Gasteiger partial charge in [0.1, 0.15) is 11.9 Å². The fraction of sp³-hybridized carbons (Fsp3) is 0.176. The summed E-state index contributed by atoms with van der Waals surface area (Å²) in [7, 11) is -4.24. The number of aliphatic hydroxyl groups excluding tert-OH is 1. The lowest BCUT2D eigenvalue weighted by Gasteiger charge is -2.14. The lowest BCUT2D eigenvalue weighted by Crippen LogP contribution is -2.34. The number of hydrogen-bond acceptors (Lipinski definition) is 5. The van der Waals surface area contributed by atoms with E-state index >= 15 is 0 Å². The predicted molar refractivity (Wildman–Crippen MR) is 89.2 cm³/mol. The van der Waals surface area contributed by atoms with E-state index in [-0.39, 0.29) is 0 Å². The van der Waals surface area contributed by atoms with Crippen LogP contribution >= 0.6 is 0 Å². The Morgan fingerprint density at radius 1 is 1.21 bits per heavy atom. The van der Waals surface area contributed by atoms with Crippen molar-refractivity contribution < 1.29 is 35.9 Å². The molecular formula is C17H12F4N2O4S. The number of carbonyl (C=O) groups excluding carboxylic acids is 1. The van der Waals surface area contributed by atoms with E-state index < -0.39 is 61.3 Å². The molecule has 0 aliphatic heterocycles. The third kappa shape index (κ3) is 5.05. The van der Waals surface area contributed by atoms with Crippen molar-refractivity contribution in [2.45, 2.75) is 17.2 Å². The van der Waals surface area contributed by atoms with Gasteiger partial charge in [0, 0.05) is 5.69 Å². The Labute approximate surface area is 156 Å². The Kier molecular flexibility index (Phi) is 6.06. The maximum atomic E-state index is 13.2. The van der Waals surface area contributed by atoms with Crippen LogP contribution in [0.5, 0.6) is 0 Å². The Balaban J connectivity index is 2.18. The number of sulfone groups is 1. The zero-order valence-electron chi connectivity index (χ0n) is 13.9. The molecule has 6 nitrogen and oxygen atoms in total. The van der Waals surface area contributed by atoms with Crippen LogP contribution in [0, 0.1) is 17.1 Å². The summed E-state index contributed by atoms with van der Waals surface area (Å²) in [6, 6.07) is 7.59. The highest BCUT2D eigenvalue weighted by molar-refractivity contribution is 7.91. The number of alkyl halides is 3. The zero-order valence-corrected chi connectivity index (χ0v) is 14.7. The summed E-state index contributed by atoms with van der Waals surface area (Å²) < 4.78 is 76.2. The van der Waals surface area contributed by atoms with Gasteiger partial charge in [-0.2, -0.15) is 18.4 Å². The Morgan fingerprint density at radius 2 is 1.89 bits per heavy atom. The van der Waals surface area contributed by atoms with Gasteiger partial charge in [0.05, 0.1) is 27.8 Å². The van der Waals surface area contributed by atoms with Crippen molar-refractivity contribution >= 4 is 21.4 Å². The van der Waals surface area contributed by atoms with E-state index in [1.54, 1.807) is 0 Å². The van der Waals surface area contributed by atoms with E-state index in [2.05, 4.69) is 0 Å². The third-order valence-electron chi connectivity index (χ3n) is 3.55. The van der Waals surface area contributed by atoms with Crippen LogP contribution < -0.4 is 5.32 Å². The first-order chi connectivity index (χ1) is 12.9. The molecule has 0 aliphatic carbocycles. The number of carbonyl (C=O) groups is 1. The molecule has 0 unspecified atom stereocenters. The summed E-state index contributed by atoms with van der Waals surface area (Å²) >= 11 is 0. The van der Waals surface area contributed by atoms with Gasteiger partial charge >= 0.3 is 6.18 Å². The summed E-state index contributed by atoms with van der Waals surface area (Å²) in [5, 5.41) is 20.5. The second kappa shape index (κ2) is 7.95. The molecule has 0 aliphatic rings. The summed E-state index contributed by atoms with van der Waals surface area (Å²) in [5.74, 6) is -3.22. The minimum Gasteiger partial charge on any atom is -0.382 e. The number of nitrogens with zero attached hydrogens (tertiary/aromatic N) is 1. The van der Waals surface area contributed by atoms with Crippen molar-refractivity contribution in [3.05, 3.63) is 59.4 Å². The number of nitriles is 1. The van der Waals surface area contributed by atoms with Crippen molar-refractivity contribution in [3.8, 4) is 6.07 Å². The molecule has 2 rings (SSSR count). The largest absolute Gasteiger partial charge is 0.417 e. The molecule has 0 bridgehead atoms. The highest BCUT2D eigenvalue weighted by Crippen LogP contribution is 2.33. The van der Waals surface area contributed by atoms with E-state index in [1.165, 1.54) is 6.07 Å². The molecule has 1 amide bonds. The average Bonchev–Trinajstić information content (AvgIpc) is 2.60. The van der Waals surface area contributed by atoms with Crippen molar-refractivity contribution in [1.82, 2.24) is 0 Å². The van der Waals surface area contributed by atoms with Crippen molar-refractivity contribution in [3.63, 3.8) is 0 Å². The lowest BCUT2D eigenvalue weighted by molar-refractivity contribution is -0.137. The maximum absolute atomic E-state index is 13.2. The van der Waals surface area contributed by atoms with Crippen LogP contribution in [0.25, 0.3) is 0 Å². The molecule has 11 heteroatoms. The molecule has 0 spiro atoms. The fourth-order valence-corrected chi connectivity index (χ4v) is 3.56. The average molecular weight is 416 g/mol. The van der Waals surface area contributed by atoms with E-state index in [0.717, 1.165) is 30.3 Å². The first kappa shape index (κ1) is 21.3. The third-order valence-corrected chi connectivity index (χ3v) is 5.27. The molecule has 2 aromatic carbocycles. The number of halogens is 4. The number of hydrogen-bond donors (Lipinski definition) is 2. The van der Waals surface area contributed by atoms with Crippen LogP contribution in [0.3, 0.4) is 0 Å². The van der Waals surface area contributed by atoms with Crippen LogP contribution in [-0.2, 0) is 20.8 Å². The van der Waals surface area contributed by atoms with Gasteiger partial charge in [-0.05, 0) is 36.4 Å². The minimum atomic E-state index is -4.86. The highest BCUT2D eigenvalue weighted by Gasteiger charge is 2.34. The van der Waals surface area contributed by atoms with Crippen LogP contribution in [0.15, 0.2) is 47.4 Å². The molecule has 2 aromatic rings. The molecule has 0 aromatic heterocycles. The summed E-state index contributed by atoms with van der Waals surface area (Å²) in [6.07, 6.45) is -6.98. The fourth-order valence-electron chi connectivity index (χ4n) is 2.22. The second-order valence-electron chi connectivity index (χ2n) is 5.61. The van der Waals surface area contributed by atoms with Crippen molar-refractivity contribution in [2.75, 3.05) is 11.1 Å². The molecular weight excluding hydrogens is 404 g/mol. The quantitative estimate of drug-likeness (QED) is 0.729. The van der Waals surface area contributed by atoms with Gasteiger partial charge < -0.3 is 10.4 Å². The van der Waals surface area contributed by atoms with E-state index in [9.17, 15) is 35.9 Å². The van der Waals surface area contributed by atoms with Gasteiger partial charge in [0.2, 0.25) is 0 Å². The van der Waals surface area contributed by atoms with Crippen LogP contribution in [0.2, 0.25) is 0 Å². The van der Waals surface area contributed by atoms with Crippen molar-refractivity contribution in [1.29, 1.82) is 5.26 Å². The standard InChI is InChI=1S/C17H12F4N2O4S/c18-11-2-1-3-13(6-11)28(26,27)9-15(24)16(25)23-12-5-4-10(8-22)14(7-12)17(19,20)21/h1-7,15,24H,9H2,(H,23,25)/t15-/m1/s1. The Hall–Kier alpha value is -2.97. The van der Waals surface area contributed by atoms with Crippen LogP contribution in [0.4, 0.5) is 23.2 Å².